The standard InChI is InChI=1S/C14H25B2O7PS/c1-7-11(18-3)10(22-13(7)15)6-20-24(25,19-4)23-12-8(2)14(16)21-9(12)5-17/h7-14,17H,5-6H2,1-4H3. The van der Waals surface area contributed by atoms with Gasteiger partial charge in [-0.05, 0) is 11.8 Å². The molecular formula is C14H25B2O7PS. The number of rotatable bonds is 8. The molecule has 7 nitrogen and oxygen atoms in total. The van der Waals surface area contributed by atoms with Crippen LogP contribution in [0.5, 0.6) is 0 Å². The van der Waals surface area contributed by atoms with Crippen molar-refractivity contribution in [3.63, 3.8) is 0 Å². The molecule has 2 saturated heterocycles. The fourth-order valence-corrected chi connectivity index (χ4v) is 4.80. The van der Waals surface area contributed by atoms with Gasteiger partial charge in [-0.3, -0.25) is 0 Å². The van der Waals surface area contributed by atoms with Crippen molar-refractivity contribution in [3.05, 3.63) is 0 Å². The first-order chi connectivity index (χ1) is 11.8. The zero-order chi connectivity index (χ0) is 18.8. The Hall–Kier alpha value is 0.500. The van der Waals surface area contributed by atoms with E-state index in [0.29, 0.717) is 0 Å². The average molecular weight is 390 g/mol. The number of aliphatic hydroxyl groups is 1. The van der Waals surface area contributed by atoms with Gasteiger partial charge >= 0.3 is 6.72 Å². The summed E-state index contributed by atoms with van der Waals surface area (Å²) in [5.74, 6) is -0.138. The Balaban J connectivity index is 1.99. The lowest BCUT2D eigenvalue weighted by Gasteiger charge is -2.29. The summed E-state index contributed by atoms with van der Waals surface area (Å²) in [5.41, 5.74) is 0. The molecule has 0 aromatic rings. The van der Waals surface area contributed by atoms with E-state index >= 15 is 0 Å². The molecule has 0 amide bonds. The molecule has 4 radical (unpaired) electrons. The van der Waals surface area contributed by atoms with Crippen molar-refractivity contribution in [2.24, 2.45) is 11.8 Å². The van der Waals surface area contributed by atoms with Crippen molar-refractivity contribution < 1.29 is 32.9 Å². The van der Waals surface area contributed by atoms with Gasteiger partial charge in [-0.15, -0.1) is 0 Å². The zero-order valence-electron chi connectivity index (χ0n) is 14.9. The van der Waals surface area contributed by atoms with Crippen LogP contribution >= 0.6 is 6.72 Å². The van der Waals surface area contributed by atoms with E-state index in [2.05, 4.69) is 0 Å². The van der Waals surface area contributed by atoms with Crippen LogP contribution in [0.4, 0.5) is 0 Å². The van der Waals surface area contributed by atoms with Crippen LogP contribution in [-0.4, -0.2) is 84.7 Å². The molecule has 0 aromatic carbocycles. The molecule has 2 heterocycles. The van der Waals surface area contributed by atoms with Crippen LogP contribution < -0.4 is 0 Å². The summed E-state index contributed by atoms with van der Waals surface area (Å²) in [6.45, 7) is 0.625. The maximum absolute atomic E-state index is 9.45. The fraction of sp³-hybridized carbons (Fsp3) is 1.00. The van der Waals surface area contributed by atoms with Crippen molar-refractivity contribution in [2.45, 2.75) is 50.3 Å². The second-order valence-corrected chi connectivity index (χ2v) is 9.45. The predicted molar refractivity (Wildman–Crippen MR) is 97.2 cm³/mol. The van der Waals surface area contributed by atoms with Gasteiger partial charge in [0.15, 0.2) is 0 Å². The van der Waals surface area contributed by atoms with E-state index in [1.807, 2.05) is 13.8 Å². The monoisotopic (exact) mass is 390 g/mol. The molecule has 0 aromatic heterocycles. The first kappa shape index (κ1) is 21.8. The number of methoxy groups -OCH3 is 1. The normalized spacial score (nSPS) is 44.0. The summed E-state index contributed by atoms with van der Waals surface area (Å²) in [7, 11) is 14.8. The summed E-state index contributed by atoms with van der Waals surface area (Å²) in [5, 5.41) is 9.45. The Morgan fingerprint density at radius 3 is 2.12 bits per heavy atom. The first-order valence-electron chi connectivity index (χ1n) is 8.20. The maximum Gasteiger partial charge on any atom is 0.327 e. The molecule has 2 fully saturated rings. The highest BCUT2D eigenvalue weighted by atomic mass is 32.5. The van der Waals surface area contributed by atoms with Crippen LogP contribution in [-0.2, 0) is 39.6 Å². The van der Waals surface area contributed by atoms with E-state index in [4.69, 9.17) is 55.3 Å². The lowest BCUT2D eigenvalue weighted by Crippen LogP contribution is -2.33. The largest absolute Gasteiger partial charge is 0.394 e. The molecular weight excluding hydrogens is 365 g/mol. The molecule has 0 aliphatic carbocycles. The third-order valence-electron chi connectivity index (χ3n) is 4.79. The first-order valence-corrected chi connectivity index (χ1v) is 10.8. The van der Waals surface area contributed by atoms with Gasteiger partial charge in [-0.2, -0.15) is 0 Å². The molecule has 9 unspecified atom stereocenters. The smallest absolute Gasteiger partial charge is 0.327 e. The van der Waals surface area contributed by atoms with Crippen LogP contribution in [0.1, 0.15) is 13.8 Å². The second-order valence-electron chi connectivity index (χ2n) is 6.38. The summed E-state index contributed by atoms with van der Waals surface area (Å²) in [6, 6.07) is -0.975. The second kappa shape index (κ2) is 9.13. The van der Waals surface area contributed by atoms with E-state index in [1.54, 1.807) is 7.11 Å². The highest BCUT2D eigenvalue weighted by Gasteiger charge is 2.44. The SMILES string of the molecule is [B]C1OC(COP(=S)(OC)OC2C(CO)OC([B])C2C)C(OC)C1C. The minimum Gasteiger partial charge on any atom is -0.394 e. The van der Waals surface area contributed by atoms with Crippen LogP contribution in [0.3, 0.4) is 0 Å². The van der Waals surface area contributed by atoms with Crippen molar-refractivity contribution >= 4 is 34.2 Å². The molecule has 140 valence electrons. The molecule has 9 atom stereocenters. The molecule has 2 rings (SSSR count). The van der Waals surface area contributed by atoms with Gasteiger partial charge in [-0.1, -0.05) is 13.8 Å². The van der Waals surface area contributed by atoms with Gasteiger partial charge in [0, 0.05) is 38.1 Å². The van der Waals surface area contributed by atoms with Crippen molar-refractivity contribution in [2.75, 3.05) is 27.4 Å². The quantitative estimate of drug-likeness (QED) is 0.470. The van der Waals surface area contributed by atoms with E-state index in [0.717, 1.165) is 0 Å². The van der Waals surface area contributed by atoms with Gasteiger partial charge < -0.3 is 32.9 Å². The number of hydrogen-bond acceptors (Lipinski definition) is 8. The highest BCUT2D eigenvalue weighted by molar-refractivity contribution is 8.07. The molecule has 2 aliphatic heterocycles. The van der Waals surface area contributed by atoms with Crippen LogP contribution in [0, 0.1) is 11.8 Å². The minimum absolute atomic E-state index is 0.0277. The van der Waals surface area contributed by atoms with E-state index in [1.165, 1.54) is 7.11 Å². The Morgan fingerprint density at radius 2 is 1.60 bits per heavy atom. The fourth-order valence-electron chi connectivity index (χ4n) is 3.11. The third-order valence-corrected chi connectivity index (χ3v) is 7.23. The minimum atomic E-state index is -3.08. The number of ether oxygens (including phenoxy) is 3. The molecule has 1 N–H and O–H groups in total. The van der Waals surface area contributed by atoms with Crippen molar-refractivity contribution in [1.29, 1.82) is 0 Å². The topological polar surface area (TPSA) is 75.6 Å². The Morgan fingerprint density at radius 1 is 1.04 bits per heavy atom. The average Bonchev–Trinajstić information content (AvgIpc) is 3.03. The summed E-state index contributed by atoms with van der Waals surface area (Å²) in [6.07, 6.45) is -1.67. The molecule has 25 heavy (non-hydrogen) atoms. The van der Waals surface area contributed by atoms with Gasteiger partial charge in [0.05, 0.1) is 25.4 Å². The molecule has 11 heteroatoms. The van der Waals surface area contributed by atoms with Crippen molar-refractivity contribution in [1.82, 2.24) is 0 Å². The lowest BCUT2D eigenvalue weighted by atomic mass is 9.86. The highest BCUT2D eigenvalue weighted by Crippen LogP contribution is 2.53. The molecule has 0 bridgehead atoms. The number of aliphatic hydroxyl groups excluding tert-OH is 1. The molecule has 0 spiro atoms. The summed E-state index contributed by atoms with van der Waals surface area (Å²) >= 11 is 5.44. The number of hydrogen-bond donors (Lipinski definition) is 1. The van der Waals surface area contributed by atoms with Gasteiger partial charge in [0.2, 0.25) is 0 Å². The maximum atomic E-state index is 9.45. The van der Waals surface area contributed by atoms with E-state index in [-0.39, 0.29) is 37.3 Å². The lowest BCUT2D eigenvalue weighted by molar-refractivity contribution is -0.0302. The molecule has 0 saturated carbocycles. The zero-order valence-corrected chi connectivity index (χ0v) is 16.7. The summed E-state index contributed by atoms with van der Waals surface area (Å²) in [4.78, 5) is 0. The molecule has 2 aliphatic rings. The van der Waals surface area contributed by atoms with Crippen molar-refractivity contribution in [3.8, 4) is 0 Å². The third kappa shape index (κ3) is 4.86. The Kier molecular flexibility index (Phi) is 7.96. The summed E-state index contributed by atoms with van der Waals surface area (Å²) < 4.78 is 33.6. The van der Waals surface area contributed by atoms with Gasteiger partial charge in [0.25, 0.3) is 0 Å². The Labute approximate surface area is 157 Å². The van der Waals surface area contributed by atoms with E-state index < -0.39 is 30.9 Å². The van der Waals surface area contributed by atoms with Crippen LogP contribution in [0.15, 0.2) is 0 Å². The Bertz CT molecular complexity index is 488. The van der Waals surface area contributed by atoms with Gasteiger partial charge in [-0.25, -0.2) is 0 Å². The predicted octanol–water partition coefficient (Wildman–Crippen LogP) is 0.325. The van der Waals surface area contributed by atoms with Crippen LogP contribution in [0.2, 0.25) is 0 Å². The van der Waals surface area contributed by atoms with E-state index in [9.17, 15) is 5.11 Å². The van der Waals surface area contributed by atoms with Gasteiger partial charge in [0.1, 0.15) is 27.9 Å². The van der Waals surface area contributed by atoms with Crippen LogP contribution in [0.25, 0.3) is 0 Å².